The number of piperazine rings is 1. The highest BCUT2D eigenvalue weighted by molar-refractivity contribution is 6.07. The van der Waals surface area contributed by atoms with Crippen LogP contribution in [0.2, 0.25) is 0 Å². The first-order valence-corrected chi connectivity index (χ1v) is 11.1. The van der Waals surface area contributed by atoms with Crippen molar-refractivity contribution >= 4 is 23.1 Å². The number of ether oxygens (including phenoxy) is 1. The molecule has 0 spiro atoms. The third kappa shape index (κ3) is 5.08. The molecule has 0 unspecified atom stereocenters. The summed E-state index contributed by atoms with van der Waals surface area (Å²) in [5.74, 6) is -0.404. The smallest absolute Gasteiger partial charge is 0.417 e. The lowest BCUT2D eigenvalue weighted by molar-refractivity contribution is -0.137. The molecular formula is C24H25F3N4O4. The molecule has 0 radical (unpaired) electrons. The van der Waals surface area contributed by atoms with E-state index in [1.807, 2.05) is 0 Å². The van der Waals surface area contributed by atoms with Gasteiger partial charge in [0.15, 0.2) is 0 Å². The molecule has 4 rings (SSSR count). The molecule has 35 heavy (non-hydrogen) atoms. The summed E-state index contributed by atoms with van der Waals surface area (Å²) in [4.78, 5) is 33.1. The zero-order valence-electron chi connectivity index (χ0n) is 19.8. The van der Waals surface area contributed by atoms with Gasteiger partial charge in [-0.05, 0) is 39.8 Å². The van der Waals surface area contributed by atoms with Crippen LogP contribution in [-0.4, -0.2) is 63.7 Å². The number of nitrogens with zero attached hydrogens (tertiary/aromatic N) is 4. The number of hydrogen-bond acceptors (Lipinski definition) is 6. The Bertz CT molecular complexity index is 1270. The maximum absolute atomic E-state index is 13.6. The van der Waals surface area contributed by atoms with E-state index in [1.54, 1.807) is 32.6 Å². The Morgan fingerprint density at radius 3 is 2.29 bits per heavy atom. The van der Waals surface area contributed by atoms with Crippen molar-refractivity contribution in [1.82, 2.24) is 19.9 Å². The van der Waals surface area contributed by atoms with E-state index in [9.17, 15) is 22.8 Å². The van der Waals surface area contributed by atoms with E-state index in [2.05, 4.69) is 10.1 Å². The summed E-state index contributed by atoms with van der Waals surface area (Å²) >= 11 is 0. The summed E-state index contributed by atoms with van der Waals surface area (Å²) in [5, 5.41) is 4.20. The van der Waals surface area contributed by atoms with E-state index in [1.165, 1.54) is 29.2 Å². The number of halogens is 3. The number of aromatic nitrogens is 2. The summed E-state index contributed by atoms with van der Waals surface area (Å²) in [6.07, 6.45) is -5.07. The Labute approximate surface area is 199 Å². The maximum atomic E-state index is 13.6. The van der Waals surface area contributed by atoms with Crippen molar-refractivity contribution < 1.29 is 32.0 Å². The van der Waals surface area contributed by atoms with Crippen LogP contribution in [0.3, 0.4) is 0 Å². The normalized spacial score (nSPS) is 14.9. The zero-order chi connectivity index (χ0) is 25.5. The minimum Gasteiger partial charge on any atom is -0.444 e. The van der Waals surface area contributed by atoms with Gasteiger partial charge >= 0.3 is 12.3 Å². The average molecular weight is 490 g/mol. The number of alkyl halides is 3. The molecule has 2 amide bonds. The molecule has 0 saturated carbocycles. The molecule has 0 atom stereocenters. The first kappa shape index (κ1) is 24.5. The molecule has 1 aliphatic rings. The number of amides is 2. The van der Waals surface area contributed by atoms with E-state index < -0.39 is 29.3 Å². The van der Waals surface area contributed by atoms with Gasteiger partial charge in [-0.15, -0.1) is 0 Å². The average Bonchev–Trinajstić information content (AvgIpc) is 3.17. The Hall–Kier alpha value is -3.63. The van der Waals surface area contributed by atoms with E-state index >= 15 is 0 Å². The third-order valence-corrected chi connectivity index (χ3v) is 5.57. The summed E-state index contributed by atoms with van der Waals surface area (Å²) < 4.78 is 51.5. The fraction of sp³-hybridized carbons (Fsp3) is 0.417. The van der Waals surface area contributed by atoms with E-state index in [-0.39, 0.29) is 48.7 Å². The molecule has 1 aromatic carbocycles. The molecule has 186 valence electrons. The Kier molecular flexibility index (Phi) is 6.20. The van der Waals surface area contributed by atoms with Crippen molar-refractivity contribution in [2.45, 2.75) is 39.5 Å². The number of fused-ring (bicyclic) bond motifs is 1. The first-order valence-electron chi connectivity index (χ1n) is 11.1. The van der Waals surface area contributed by atoms with Crippen molar-refractivity contribution in [3.05, 3.63) is 47.2 Å². The van der Waals surface area contributed by atoms with Gasteiger partial charge in [0.25, 0.3) is 11.6 Å². The largest absolute Gasteiger partial charge is 0.444 e. The van der Waals surface area contributed by atoms with Crippen molar-refractivity contribution in [2.75, 3.05) is 26.2 Å². The molecule has 11 heteroatoms. The van der Waals surface area contributed by atoms with Gasteiger partial charge in [0.2, 0.25) is 0 Å². The van der Waals surface area contributed by atoms with Gasteiger partial charge < -0.3 is 19.1 Å². The van der Waals surface area contributed by atoms with Gasteiger partial charge in [0.1, 0.15) is 5.60 Å². The molecule has 2 aromatic heterocycles. The Morgan fingerprint density at radius 2 is 1.66 bits per heavy atom. The van der Waals surface area contributed by atoms with Crippen LogP contribution < -0.4 is 0 Å². The second kappa shape index (κ2) is 8.86. The number of aryl methyl sites for hydroxylation is 1. The molecule has 0 N–H and O–H groups in total. The van der Waals surface area contributed by atoms with Crippen molar-refractivity contribution in [3.63, 3.8) is 0 Å². The highest BCUT2D eigenvalue weighted by atomic mass is 19.4. The molecule has 3 aromatic rings. The highest BCUT2D eigenvalue weighted by Gasteiger charge is 2.35. The van der Waals surface area contributed by atoms with Crippen LogP contribution in [0, 0.1) is 6.92 Å². The first-order chi connectivity index (χ1) is 16.3. The summed E-state index contributed by atoms with van der Waals surface area (Å²) in [6.45, 7) is 7.96. The monoisotopic (exact) mass is 490 g/mol. The predicted octanol–water partition coefficient (Wildman–Crippen LogP) is 4.91. The Balaban J connectivity index is 1.66. The summed E-state index contributed by atoms with van der Waals surface area (Å²) in [5.41, 5.74) is -1.19. The minimum atomic E-state index is -4.60. The van der Waals surface area contributed by atoms with E-state index in [4.69, 9.17) is 9.26 Å². The van der Waals surface area contributed by atoms with Gasteiger partial charge in [-0.25, -0.2) is 9.78 Å². The highest BCUT2D eigenvalue weighted by Crippen LogP contribution is 2.37. The van der Waals surface area contributed by atoms with Crippen LogP contribution in [0.4, 0.5) is 18.0 Å². The van der Waals surface area contributed by atoms with Gasteiger partial charge in [-0.2, -0.15) is 13.2 Å². The van der Waals surface area contributed by atoms with Crippen LogP contribution >= 0.6 is 0 Å². The van der Waals surface area contributed by atoms with Gasteiger partial charge in [-0.3, -0.25) is 4.79 Å². The maximum Gasteiger partial charge on any atom is 0.417 e. The number of rotatable bonds is 2. The van der Waals surface area contributed by atoms with Crippen molar-refractivity contribution in [1.29, 1.82) is 0 Å². The van der Waals surface area contributed by atoms with Gasteiger partial charge in [0, 0.05) is 31.7 Å². The number of hydrogen-bond donors (Lipinski definition) is 0. The van der Waals surface area contributed by atoms with Gasteiger partial charge in [0.05, 0.1) is 27.9 Å². The van der Waals surface area contributed by atoms with Crippen LogP contribution in [-0.2, 0) is 10.9 Å². The lowest BCUT2D eigenvalue weighted by Crippen LogP contribution is -2.51. The fourth-order valence-corrected chi connectivity index (χ4v) is 3.94. The molecule has 1 aliphatic heterocycles. The molecule has 8 nitrogen and oxygen atoms in total. The van der Waals surface area contributed by atoms with Crippen LogP contribution in [0.1, 0.15) is 42.4 Å². The van der Waals surface area contributed by atoms with Crippen LogP contribution in [0.25, 0.3) is 22.4 Å². The Morgan fingerprint density at radius 1 is 1.03 bits per heavy atom. The van der Waals surface area contributed by atoms with E-state index in [0.717, 1.165) is 6.07 Å². The second-order valence-electron chi connectivity index (χ2n) is 9.31. The lowest BCUT2D eigenvalue weighted by Gasteiger charge is -2.35. The van der Waals surface area contributed by atoms with Crippen LogP contribution in [0.5, 0.6) is 0 Å². The standard InChI is InChI=1S/C24H25F3N4O4/c1-14-19-16(21(32)30-9-11-31(12-10-30)22(33)34-23(2,3)4)13-18(28-20(19)35-29-14)15-7-5-6-8-17(15)24(25,26)27/h5-8,13H,9-12H2,1-4H3. The van der Waals surface area contributed by atoms with E-state index in [0.29, 0.717) is 11.1 Å². The number of carbonyl (C=O) groups is 2. The molecule has 1 saturated heterocycles. The van der Waals surface area contributed by atoms with Crippen molar-refractivity contribution in [3.8, 4) is 11.3 Å². The molecule has 3 heterocycles. The summed E-state index contributed by atoms with van der Waals surface area (Å²) in [7, 11) is 0. The zero-order valence-corrected chi connectivity index (χ0v) is 19.8. The molecular weight excluding hydrogens is 465 g/mol. The fourth-order valence-electron chi connectivity index (χ4n) is 3.94. The topological polar surface area (TPSA) is 88.8 Å². The minimum absolute atomic E-state index is 0.0206. The number of benzene rings is 1. The molecule has 0 bridgehead atoms. The third-order valence-electron chi connectivity index (χ3n) is 5.57. The van der Waals surface area contributed by atoms with Crippen molar-refractivity contribution in [2.24, 2.45) is 0 Å². The second-order valence-corrected chi connectivity index (χ2v) is 9.31. The predicted molar refractivity (Wildman–Crippen MR) is 121 cm³/mol. The molecule has 0 aliphatic carbocycles. The van der Waals surface area contributed by atoms with Gasteiger partial charge in [-0.1, -0.05) is 23.4 Å². The number of carbonyl (C=O) groups excluding carboxylic acids is 2. The SMILES string of the molecule is Cc1noc2nc(-c3ccccc3C(F)(F)F)cc(C(=O)N3CCN(C(=O)OC(C)(C)C)CC3)c12. The lowest BCUT2D eigenvalue weighted by atomic mass is 10.00. The summed E-state index contributed by atoms with van der Waals surface area (Å²) in [6, 6.07) is 6.37. The number of pyridine rings is 1. The van der Waals surface area contributed by atoms with Crippen LogP contribution in [0.15, 0.2) is 34.9 Å². The quantitative estimate of drug-likeness (QED) is 0.507. The molecule has 1 fully saturated rings.